The first-order valence-electron chi connectivity index (χ1n) is 11.6. The zero-order valence-corrected chi connectivity index (χ0v) is 23.2. The molecule has 0 bridgehead atoms. The molecular formula is C24H28F3N5O2S3. The number of nitrogens with one attached hydrogen (secondary N) is 1. The molecule has 0 atom stereocenters. The van der Waals surface area contributed by atoms with Crippen LogP contribution < -0.4 is 5.32 Å². The van der Waals surface area contributed by atoms with Crippen LogP contribution in [0.3, 0.4) is 0 Å². The minimum Gasteiger partial charge on any atom is -0.431 e. The number of aryl methyl sites for hydroxylation is 1. The molecule has 0 spiro atoms. The number of aromatic nitrogens is 2. The number of para-hydroxylation sites is 1. The van der Waals surface area contributed by atoms with Gasteiger partial charge in [0, 0.05) is 49.1 Å². The van der Waals surface area contributed by atoms with E-state index in [0.717, 1.165) is 60.1 Å². The standard InChI is InChI=1S/C24H28F3N5O2S3/c1-15-13-18(35-2)20(22(28-15)36-3)30-19(33)14-32-9-7-31(8-10-32)11-12-37-23-29-17-6-4-5-16(21(17)34-23)24(25,26)27/h4-6,13H,7-12,14H2,1-3H3,(H,30,33). The fourth-order valence-corrected chi connectivity index (χ4v) is 6.20. The van der Waals surface area contributed by atoms with Crippen LogP contribution in [-0.2, 0) is 11.0 Å². The van der Waals surface area contributed by atoms with Gasteiger partial charge in [0.25, 0.3) is 5.22 Å². The van der Waals surface area contributed by atoms with Gasteiger partial charge in [-0.05, 0) is 37.6 Å². The van der Waals surface area contributed by atoms with Gasteiger partial charge in [-0.25, -0.2) is 9.97 Å². The van der Waals surface area contributed by atoms with Gasteiger partial charge in [0.2, 0.25) is 5.91 Å². The zero-order chi connectivity index (χ0) is 26.6. The van der Waals surface area contributed by atoms with Crippen molar-refractivity contribution in [2.24, 2.45) is 0 Å². The lowest BCUT2D eigenvalue weighted by Crippen LogP contribution is -2.49. The number of carbonyl (C=O) groups is 1. The van der Waals surface area contributed by atoms with Gasteiger partial charge in [0.1, 0.15) is 16.1 Å². The van der Waals surface area contributed by atoms with Crippen LogP contribution in [-0.4, -0.2) is 83.2 Å². The van der Waals surface area contributed by atoms with E-state index in [1.54, 1.807) is 11.8 Å². The molecule has 200 valence electrons. The second-order valence-electron chi connectivity index (χ2n) is 8.50. The second-order valence-corrected chi connectivity index (χ2v) is 11.2. The number of oxazole rings is 1. The fourth-order valence-electron chi connectivity index (χ4n) is 4.07. The molecule has 2 aromatic heterocycles. The molecule has 1 N–H and O–H groups in total. The predicted molar refractivity (Wildman–Crippen MR) is 144 cm³/mol. The van der Waals surface area contributed by atoms with Gasteiger partial charge in [0.15, 0.2) is 5.58 Å². The first-order chi connectivity index (χ1) is 17.7. The SMILES string of the molecule is CSc1cc(C)nc(SC)c1NC(=O)CN1CCN(CCSc2nc3cccc(C(F)(F)F)c3o2)CC1. The summed E-state index contributed by atoms with van der Waals surface area (Å²) in [4.78, 5) is 26.9. The number of carbonyl (C=O) groups excluding carboxylic acids is 1. The number of nitrogens with zero attached hydrogens (tertiary/aromatic N) is 4. The molecule has 37 heavy (non-hydrogen) atoms. The van der Waals surface area contributed by atoms with Crippen LogP contribution in [0, 0.1) is 6.92 Å². The van der Waals surface area contributed by atoms with Crippen molar-refractivity contribution >= 4 is 58.0 Å². The Labute approximate surface area is 226 Å². The summed E-state index contributed by atoms with van der Waals surface area (Å²) in [5.41, 5.74) is 0.869. The molecule has 0 aliphatic carbocycles. The highest BCUT2D eigenvalue weighted by Gasteiger charge is 2.34. The summed E-state index contributed by atoms with van der Waals surface area (Å²) in [6.45, 7) is 6.12. The number of hydrogen-bond acceptors (Lipinski definition) is 9. The number of piperazine rings is 1. The highest BCUT2D eigenvalue weighted by atomic mass is 32.2. The lowest BCUT2D eigenvalue weighted by Gasteiger charge is -2.34. The smallest absolute Gasteiger partial charge is 0.420 e. The summed E-state index contributed by atoms with van der Waals surface area (Å²) in [6.07, 6.45) is -0.553. The molecule has 0 unspecified atom stereocenters. The zero-order valence-electron chi connectivity index (χ0n) is 20.7. The monoisotopic (exact) mass is 571 g/mol. The van der Waals surface area contributed by atoms with Gasteiger partial charge < -0.3 is 9.73 Å². The van der Waals surface area contributed by atoms with Gasteiger partial charge in [-0.15, -0.1) is 23.5 Å². The van der Waals surface area contributed by atoms with Gasteiger partial charge in [-0.3, -0.25) is 14.6 Å². The molecule has 1 aliphatic rings. The van der Waals surface area contributed by atoms with Crippen LogP contribution in [0.2, 0.25) is 0 Å². The van der Waals surface area contributed by atoms with Crippen molar-refractivity contribution < 1.29 is 22.4 Å². The van der Waals surface area contributed by atoms with Crippen molar-refractivity contribution in [3.8, 4) is 0 Å². The maximum absolute atomic E-state index is 13.2. The van der Waals surface area contributed by atoms with E-state index in [4.69, 9.17) is 4.42 Å². The number of thioether (sulfide) groups is 3. The Kier molecular flexibility index (Phi) is 9.33. The number of halogens is 3. The average molecular weight is 572 g/mol. The van der Waals surface area contributed by atoms with Crippen LogP contribution in [0.5, 0.6) is 0 Å². The molecule has 1 saturated heterocycles. The second kappa shape index (κ2) is 12.3. The van der Waals surface area contributed by atoms with E-state index in [1.807, 2.05) is 25.5 Å². The Balaban J connectivity index is 1.24. The summed E-state index contributed by atoms with van der Waals surface area (Å²) in [7, 11) is 0. The van der Waals surface area contributed by atoms with Crippen LogP contribution in [0.1, 0.15) is 11.3 Å². The van der Waals surface area contributed by atoms with Crippen LogP contribution in [0.15, 0.2) is 43.8 Å². The maximum atomic E-state index is 13.2. The van der Waals surface area contributed by atoms with Crippen LogP contribution >= 0.6 is 35.3 Å². The Morgan fingerprint density at radius 1 is 1.11 bits per heavy atom. The number of benzene rings is 1. The maximum Gasteiger partial charge on any atom is 0.420 e. The Hall–Kier alpha value is -1.93. The normalized spacial score (nSPS) is 15.4. The van der Waals surface area contributed by atoms with Crippen LogP contribution in [0.25, 0.3) is 11.1 Å². The minimum absolute atomic E-state index is 0.0607. The van der Waals surface area contributed by atoms with Crippen molar-refractivity contribution in [1.82, 2.24) is 19.8 Å². The Morgan fingerprint density at radius 3 is 2.51 bits per heavy atom. The number of hydrogen-bond donors (Lipinski definition) is 1. The molecule has 0 radical (unpaired) electrons. The summed E-state index contributed by atoms with van der Waals surface area (Å²) in [6, 6.07) is 5.84. The van der Waals surface area contributed by atoms with Crippen molar-refractivity contribution in [3.05, 3.63) is 35.5 Å². The third-order valence-electron chi connectivity index (χ3n) is 5.92. The number of rotatable bonds is 9. The molecule has 7 nitrogen and oxygen atoms in total. The summed E-state index contributed by atoms with van der Waals surface area (Å²) in [5.74, 6) is 0.582. The summed E-state index contributed by atoms with van der Waals surface area (Å²) < 4.78 is 45.0. The van der Waals surface area contributed by atoms with E-state index in [0.29, 0.717) is 12.3 Å². The first kappa shape index (κ1) is 28.1. The summed E-state index contributed by atoms with van der Waals surface area (Å²) in [5, 5.41) is 4.11. The van der Waals surface area contributed by atoms with E-state index in [9.17, 15) is 18.0 Å². The number of pyridine rings is 1. The quantitative estimate of drug-likeness (QED) is 0.343. The van der Waals surface area contributed by atoms with Crippen molar-refractivity contribution in [3.63, 3.8) is 0 Å². The molecule has 13 heteroatoms. The topological polar surface area (TPSA) is 74.5 Å². The Morgan fingerprint density at radius 2 is 1.84 bits per heavy atom. The largest absolute Gasteiger partial charge is 0.431 e. The molecule has 1 fully saturated rings. The molecule has 3 aromatic rings. The highest BCUT2D eigenvalue weighted by molar-refractivity contribution is 7.99. The Bertz CT molecular complexity index is 1220. The molecule has 1 aliphatic heterocycles. The van der Waals surface area contributed by atoms with Gasteiger partial charge in [0.05, 0.1) is 12.2 Å². The highest BCUT2D eigenvalue weighted by Crippen LogP contribution is 2.36. The molecule has 3 heterocycles. The lowest BCUT2D eigenvalue weighted by atomic mass is 10.2. The molecule has 1 amide bonds. The average Bonchev–Trinajstić information content (AvgIpc) is 3.28. The molecular weight excluding hydrogens is 543 g/mol. The lowest BCUT2D eigenvalue weighted by molar-refractivity contribution is -0.136. The van der Waals surface area contributed by atoms with Gasteiger partial charge in [-0.2, -0.15) is 13.2 Å². The van der Waals surface area contributed by atoms with E-state index < -0.39 is 11.7 Å². The minimum atomic E-state index is -4.48. The van der Waals surface area contributed by atoms with Crippen molar-refractivity contribution in [2.75, 3.05) is 62.8 Å². The molecule has 4 rings (SSSR count). The third kappa shape index (κ3) is 7.14. The summed E-state index contributed by atoms with van der Waals surface area (Å²) >= 11 is 4.40. The van der Waals surface area contributed by atoms with E-state index >= 15 is 0 Å². The van der Waals surface area contributed by atoms with Gasteiger partial charge in [-0.1, -0.05) is 17.8 Å². The van der Waals surface area contributed by atoms with Crippen molar-refractivity contribution in [2.45, 2.75) is 28.2 Å². The number of alkyl halides is 3. The first-order valence-corrected chi connectivity index (χ1v) is 15.0. The fraction of sp³-hybridized carbons (Fsp3) is 0.458. The van der Waals surface area contributed by atoms with Crippen molar-refractivity contribution in [1.29, 1.82) is 0 Å². The van der Waals surface area contributed by atoms with Gasteiger partial charge >= 0.3 is 6.18 Å². The van der Waals surface area contributed by atoms with E-state index in [2.05, 4.69) is 25.1 Å². The van der Waals surface area contributed by atoms with Crippen LogP contribution in [0.4, 0.5) is 18.9 Å². The number of amides is 1. The van der Waals surface area contributed by atoms with E-state index in [1.165, 1.54) is 35.7 Å². The number of anilines is 1. The van der Waals surface area contributed by atoms with E-state index in [-0.39, 0.29) is 22.2 Å². The predicted octanol–water partition coefficient (Wildman–Crippen LogP) is 5.34. The number of fused-ring (bicyclic) bond motifs is 1. The third-order valence-corrected chi connectivity index (χ3v) is 8.17. The molecule has 0 saturated carbocycles. The molecule has 1 aromatic carbocycles.